The average molecular weight is 509 g/mol. The first-order chi connectivity index (χ1) is 15.0. The lowest BCUT2D eigenvalue weighted by molar-refractivity contribution is -0.0808. The minimum Gasteiger partial charge on any atom is -0.382 e. The van der Waals surface area contributed by atoms with Gasteiger partial charge in [-0.25, -0.2) is 4.79 Å². The Morgan fingerprint density at radius 2 is 1.82 bits per heavy atom. The van der Waals surface area contributed by atoms with E-state index < -0.39 is 48.1 Å². The summed E-state index contributed by atoms with van der Waals surface area (Å²) < 4.78 is 30.4. The van der Waals surface area contributed by atoms with Gasteiger partial charge >= 0.3 is 12.4 Å². The van der Waals surface area contributed by atoms with Gasteiger partial charge in [-0.05, 0) is 51.3 Å². The summed E-state index contributed by atoms with van der Waals surface area (Å²) in [5.41, 5.74) is -1.68. The molecule has 1 aliphatic heterocycles. The highest BCUT2D eigenvalue weighted by molar-refractivity contribution is 8.07. The third-order valence-corrected chi connectivity index (χ3v) is 6.53. The number of H-pyrrole nitrogens is 1. The molecule has 12 heteroatoms. The van der Waals surface area contributed by atoms with E-state index in [2.05, 4.69) is 4.98 Å². The second kappa shape index (κ2) is 10.8. The molecular formula is C21H37N2O8PS. The van der Waals surface area contributed by atoms with Crippen molar-refractivity contribution < 1.29 is 28.2 Å². The first kappa shape index (κ1) is 28.3. The van der Waals surface area contributed by atoms with E-state index in [-0.39, 0.29) is 12.0 Å². The number of nitrogens with one attached hydrogen (secondary N) is 1. The molecule has 0 bridgehead atoms. The molecule has 2 unspecified atom stereocenters. The van der Waals surface area contributed by atoms with E-state index in [4.69, 9.17) is 35.1 Å². The van der Waals surface area contributed by atoms with Gasteiger partial charge in [-0.15, -0.1) is 0 Å². The van der Waals surface area contributed by atoms with E-state index in [0.717, 1.165) is 0 Å². The molecule has 5 atom stereocenters. The van der Waals surface area contributed by atoms with Gasteiger partial charge in [0.15, 0.2) is 6.23 Å². The van der Waals surface area contributed by atoms with Crippen molar-refractivity contribution in [2.24, 2.45) is 5.41 Å². The summed E-state index contributed by atoms with van der Waals surface area (Å²) >= 11 is 5.30. The van der Waals surface area contributed by atoms with Gasteiger partial charge in [-0.3, -0.25) is 18.9 Å². The van der Waals surface area contributed by atoms with Crippen LogP contribution in [0.3, 0.4) is 0 Å². The van der Waals surface area contributed by atoms with E-state index in [1.165, 1.54) is 10.8 Å². The maximum absolute atomic E-state index is 12.6. The number of nitrogens with zero attached hydrogens (tertiary/aromatic N) is 1. The van der Waals surface area contributed by atoms with Crippen LogP contribution < -0.4 is 11.2 Å². The topological polar surface area (TPSA) is 121 Å². The van der Waals surface area contributed by atoms with Gasteiger partial charge in [0.1, 0.15) is 12.2 Å². The van der Waals surface area contributed by atoms with Crippen LogP contribution in [-0.4, -0.2) is 58.7 Å². The van der Waals surface area contributed by atoms with Crippen LogP contribution in [0, 0.1) is 12.3 Å². The second-order valence-corrected chi connectivity index (χ2v) is 13.1. The first-order valence-electron chi connectivity index (χ1n) is 10.8. The van der Waals surface area contributed by atoms with Crippen LogP contribution in [-0.2, 0) is 35.1 Å². The van der Waals surface area contributed by atoms with Crippen molar-refractivity contribution in [2.75, 3.05) is 20.3 Å². The fourth-order valence-corrected chi connectivity index (χ4v) is 5.84. The number of methoxy groups -OCH3 is 1. The zero-order valence-corrected chi connectivity index (χ0v) is 22.3. The van der Waals surface area contributed by atoms with Crippen molar-refractivity contribution in [3.05, 3.63) is 32.6 Å². The summed E-state index contributed by atoms with van der Waals surface area (Å²) in [5.74, 6) is 0. The van der Waals surface area contributed by atoms with Crippen LogP contribution in [0.1, 0.15) is 59.8 Å². The molecule has 2 heterocycles. The zero-order chi connectivity index (χ0) is 25.2. The molecule has 2 N–H and O–H groups in total. The SMILES string of the molecule is COCCO[C@H]1C(OP(O)(=S)OC(C)(C)C)[C@@H](CC(C)(C)C)O[C@H]1n1cc(C)c(=O)[nH]c1=O. The third kappa shape index (κ3) is 8.36. The summed E-state index contributed by atoms with van der Waals surface area (Å²) in [6.07, 6.45) is -1.20. The quantitative estimate of drug-likeness (QED) is 0.383. The van der Waals surface area contributed by atoms with Gasteiger partial charge in [0.25, 0.3) is 5.56 Å². The molecule has 0 aromatic carbocycles. The van der Waals surface area contributed by atoms with Crippen molar-refractivity contribution in [3.63, 3.8) is 0 Å². The predicted molar refractivity (Wildman–Crippen MR) is 128 cm³/mol. The summed E-state index contributed by atoms with van der Waals surface area (Å²) in [7, 11) is 1.54. The Morgan fingerprint density at radius 1 is 1.18 bits per heavy atom. The van der Waals surface area contributed by atoms with Crippen molar-refractivity contribution in [3.8, 4) is 0 Å². The van der Waals surface area contributed by atoms with Crippen molar-refractivity contribution >= 4 is 18.5 Å². The Morgan fingerprint density at radius 3 is 2.36 bits per heavy atom. The fraction of sp³-hybridized carbons (Fsp3) is 0.810. The van der Waals surface area contributed by atoms with Crippen LogP contribution in [0.2, 0.25) is 0 Å². The van der Waals surface area contributed by atoms with Crippen LogP contribution in [0.15, 0.2) is 15.8 Å². The number of rotatable bonds is 9. The van der Waals surface area contributed by atoms with E-state index >= 15 is 0 Å². The van der Waals surface area contributed by atoms with Gasteiger partial charge in [-0.2, -0.15) is 0 Å². The van der Waals surface area contributed by atoms with Crippen LogP contribution in [0.5, 0.6) is 0 Å². The number of aryl methyl sites for hydroxylation is 1. The smallest absolute Gasteiger partial charge is 0.330 e. The highest BCUT2D eigenvalue weighted by atomic mass is 32.5. The summed E-state index contributed by atoms with van der Waals surface area (Å²) in [5, 5.41) is 0. The number of hydrogen-bond donors (Lipinski definition) is 2. The molecule has 0 spiro atoms. The summed E-state index contributed by atoms with van der Waals surface area (Å²) in [6.45, 7) is 9.81. The Hall–Kier alpha value is -0.910. The molecule has 33 heavy (non-hydrogen) atoms. The maximum atomic E-state index is 12.6. The van der Waals surface area contributed by atoms with Crippen LogP contribution in [0.4, 0.5) is 0 Å². The molecule has 10 nitrogen and oxygen atoms in total. The fourth-order valence-electron chi connectivity index (χ4n) is 3.57. The van der Waals surface area contributed by atoms with E-state index in [1.807, 2.05) is 20.8 Å². The Kier molecular flexibility index (Phi) is 9.26. The molecule has 1 aliphatic rings. The molecule has 0 amide bonds. The van der Waals surface area contributed by atoms with Crippen LogP contribution in [0.25, 0.3) is 0 Å². The maximum Gasteiger partial charge on any atom is 0.330 e. The monoisotopic (exact) mass is 508 g/mol. The predicted octanol–water partition coefficient (Wildman–Crippen LogP) is 2.63. The van der Waals surface area contributed by atoms with E-state index in [1.54, 1.807) is 34.8 Å². The Bertz CT molecular complexity index is 965. The van der Waals surface area contributed by atoms with Gasteiger partial charge in [-0.1, -0.05) is 20.8 Å². The highest BCUT2D eigenvalue weighted by Crippen LogP contribution is 2.52. The number of aromatic nitrogens is 2. The molecule has 0 radical (unpaired) electrons. The van der Waals surface area contributed by atoms with Crippen LogP contribution >= 0.6 is 6.72 Å². The first-order valence-corrected chi connectivity index (χ1v) is 13.4. The molecule has 0 aliphatic carbocycles. The molecule has 1 fully saturated rings. The average Bonchev–Trinajstić information content (AvgIpc) is 2.91. The number of aromatic amines is 1. The lowest BCUT2D eigenvalue weighted by Gasteiger charge is -2.32. The largest absolute Gasteiger partial charge is 0.382 e. The summed E-state index contributed by atoms with van der Waals surface area (Å²) in [6, 6.07) is 0. The molecular weight excluding hydrogens is 471 g/mol. The second-order valence-electron chi connectivity index (χ2n) is 10.4. The standard InChI is InChI=1S/C21H37N2O8PS/c1-13-12-23(19(25)22-17(13)24)18-16(28-10-9-27-8)15(14(29-18)11-20(2,3)4)30-32(26,33)31-21(5,6)7/h12,14-16,18H,9-11H2,1-8H3,(H,26,33)(H,22,24,25)/t14-,15?,16+,18-,32?/m1/s1. The van der Waals surface area contributed by atoms with Crippen molar-refractivity contribution in [1.29, 1.82) is 0 Å². The van der Waals surface area contributed by atoms with Gasteiger partial charge in [0, 0.05) is 18.9 Å². The van der Waals surface area contributed by atoms with Crippen molar-refractivity contribution in [1.82, 2.24) is 9.55 Å². The summed E-state index contributed by atoms with van der Waals surface area (Å²) in [4.78, 5) is 37.7. The zero-order valence-electron chi connectivity index (χ0n) is 20.6. The molecule has 190 valence electrons. The lowest BCUT2D eigenvalue weighted by Crippen LogP contribution is -2.41. The van der Waals surface area contributed by atoms with Gasteiger partial charge in [0.2, 0.25) is 0 Å². The highest BCUT2D eigenvalue weighted by Gasteiger charge is 2.51. The molecule has 1 saturated heterocycles. The van der Waals surface area contributed by atoms with Gasteiger partial charge < -0.3 is 23.6 Å². The minimum absolute atomic E-state index is 0.174. The number of hydrogen-bond acceptors (Lipinski definition) is 8. The van der Waals surface area contributed by atoms with E-state index in [0.29, 0.717) is 18.6 Å². The normalized spacial score (nSPS) is 25.8. The molecule has 1 aromatic heterocycles. The Balaban J connectivity index is 2.51. The third-order valence-electron chi connectivity index (χ3n) is 4.76. The molecule has 2 rings (SSSR count). The molecule has 0 saturated carbocycles. The number of ether oxygens (including phenoxy) is 3. The van der Waals surface area contributed by atoms with Gasteiger partial charge in [0.05, 0.1) is 24.9 Å². The minimum atomic E-state index is -3.69. The lowest BCUT2D eigenvalue weighted by atomic mass is 9.87. The molecule has 1 aromatic rings. The van der Waals surface area contributed by atoms with E-state index in [9.17, 15) is 14.5 Å². The Labute approximate surface area is 199 Å². The van der Waals surface area contributed by atoms with Crippen molar-refractivity contribution in [2.45, 2.75) is 85.0 Å².